The molecule has 0 spiro atoms. The van der Waals surface area contributed by atoms with E-state index in [1.165, 1.54) is 22.5 Å². The Morgan fingerprint density at radius 3 is 2.81 bits per heavy atom. The Morgan fingerprint density at radius 2 is 2.08 bits per heavy atom. The molecule has 0 unspecified atom stereocenters. The molecule has 0 aliphatic heterocycles. The number of aryl methyl sites for hydroxylation is 2. The number of amides is 2. The molecule has 3 rings (SSSR count). The monoisotopic (exact) mass is 376 g/mol. The number of furan rings is 1. The van der Waals surface area contributed by atoms with E-state index in [1.807, 2.05) is 0 Å². The van der Waals surface area contributed by atoms with Crippen LogP contribution in [0.5, 0.6) is 0 Å². The van der Waals surface area contributed by atoms with E-state index < -0.39 is 0 Å². The molecular formula is C19H24N2O4S. The van der Waals surface area contributed by atoms with E-state index in [4.69, 9.17) is 9.15 Å². The van der Waals surface area contributed by atoms with Crippen LogP contribution in [-0.4, -0.2) is 32.1 Å². The molecule has 2 amide bonds. The molecule has 0 aromatic carbocycles. The summed E-state index contributed by atoms with van der Waals surface area (Å²) in [5, 5.41) is 6.51. The summed E-state index contributed by atoms with van der Waals surface area (Å²) in [4.78, 5) is 26.6. The predicted octanol–water partition coefficient (Wildman–Crippen LogP) is 3.55. The fourth-order valence-corrected chi connectivity index (χ4v) is 4.47. The largest absolute Gasteiger partial charge is 0.469 e. The highest BCUT2D eigenvalue weighted by Gasteiger charge is 2.26. The van der Waals surface area contributed by atoms with Gasteiger partial charge in [0.15, 0.2) is 0 Å². The normalized spacial score (nSPS) is 13.3. The summed E-state index contributed by atoms with van der Waals surface area (Å²) in [5.74, 6) is 0.192. The van der Waals surface area contributed by atoms with Gasteiger partial charge in [0.05, 0.1) is 17.4 Å². The number of anilines is 1. The number of carbonyl (C=O) groups is 2. The summed E-state index contributed by atoms with van der Waals surface area (Å²) in [6, 6.07) is 1.64. The molecule has 1 aliphatic rings. The van der Waals surface area contributed by atoms with Crippen molar-refractivity contribution in [2.24, 2.45) is 0 Å². The van der Waals surface area contributed by atoms with E-state index in [0.717, 1.165) is 37.7 Å². The highest BCUT2D eigenvalue weighted by atomic mass is 32.1. The van der Waals surface area contributed by atoms with Crippen LogP contribution < -0.4 is 10.6 Å². The molecule has 0 radical (unpaired) electrons. The van der Waals surface area contributed by atoms with Gasteiger partial charge >= 0.3 is 0 Å². The van der Waals surface area contributed by atoms with Crippen LogP contribution in [0.15, 0.2) is 16.7 Å². The first-order chi connectivity index (χ1) is 12.6. The molecule has 1 aliphatic carbocycles. The van der Waals surface area contributed by atoms with E-state index in [0.29, 0.717) is 35.0 Å². The molecule has 0 saturated heterocycles. The second-order valence-electron chi connectivity index (χ2n) is 6.36. The highest BCUT2D eigenvalue weighted by Crippen LogP contribution is 2.38. The minimum Gasteiger partial charge on any atom is -0.469 e. The van der Waals surface area contributed by atoms with Crippen LogP contribution in [0.1, 0.15) is 56.2 Å². The van der Waals surface area contributed by atoms with Crippen LogP contribution in [-0.2, 0) is 17.6 Å². The fraction of sp³-hybridized carbons (Fsp3) is 0.474. The molecule has 0 saturated carbocycles. The molecule has 2 aromatic rings. The topological polar surface area (TPSA) is 80.6 Å². The van der Waals surface area contributed by atoms with Crippen LogP contribution in [0.25, 0.3) is 0 Å². The molecule has 0 fully saturated rings. The predicted molar refractivity (Wildman–Crippen MR) is 101 cm³/mol. The molecule has 7 heteroatoms. The third-order valence-corrected chi connectivity index (χ3v) is 5.75. The molecule has 6 nitrogen and oxygen atoms in total. The number of carbonyl (C=O) groups excluding carboxylic acids is 2. The summed E-state index contributed by atoms with van der Waals surface area (Å²) in [7, 11) is 1.64. The number of thiophene rings is 1. The summed E-state index contributed by atoms with van der Waals surface area (Å²) in [5.41, 5.74) is 2.20. The maximum atomic E-state index is 12.8. The van der Waals surface area contributed by atoms with Gasteiger partial charge < -0.3 is 19.8 Å². The molecule has 2 N–H and O–H groups in total. The number of fused-ring (bicyclic) bond motifs is 1. The standard InChI is InChI=1S/C19H24N2O4S/c1-12-13(8-11-25-12)17(22)21-19-16(18(23)20-9-5-10-24-2)14-6-3-4-7-15(14)26-19/h8,11H,3-7,9-10H2,1-2H3,(H,20,23)(H,21,22). The number of hydrogen-bond acceptors (Lipinski definition) is 5. The van der Waals surface area contributed by atoms with Crippen molar-refractivity contribution in [1.29, 1.82) is 0 Å². The SMILES string of the molecule is COCCCNC(=O)c1c(NC(=O)c2ccoc2C)sc2c1CCCC2. The van der Waals surface area contributed by atoms with Crippen LogP contribution in [0, 0.1) is 6.92 Å². The lowest BCUT2D eigenvalue weighted by molar-refractivity contribution is 0.0948. The lowest BCUT2D eigenvalue weighted by atomic mass is 9.95. The van der Waals surface area contributed by atoms with Gasteiger partial charge in [0.1, 0.15) is 10.8 Å². The second kappa shape index (κ2) is 8.51. The maximum Gasteiger partial charge on any atom is 0.259 e. The molecule has 2 aromatic heterocycles. The average molecular weight is 376 g/mol. The lowest BCUT2D eigenvalue weighted by Crippen LogP contribution is -2.27. The van der Waals surface area contributed by atoms with Gasteiger partial charge in [-0.15, -0.1) is 11.3 Å². The number of ether oxygens (including phenoxy) is 1. The maximum absolute atomic E-state index is 12.8. The average Bonchev–Trinajstić information content (AvgIpc) is 3.21. The Bertz CT molecular complexity index is 794. The molecule has 0 bridgehead atoms. The number of rotatable bonds is 7. The fourth-order valence-electron chi connectivity index (χ4n) is 3.19. The zero-order valence-electron chi connectivity index (χ0n) is 15.1. The van der Waals surface area contributed by atoms with Crippen LogP contribution >= 0.6 is 11.3 Å². The van der Waals surface area contributed by atoms with Crippen LogP contribution in [0.2, 0.25) is 0 Å². The minimum absolute atomic E-state index is 0.125. The third kappa shape index (κ3) is 3.99. The van der Waals surface area contributed by atoms with Crippen molar-refractivity contribution < 1.29 is 18.7 Å². The van der Waals surface area contributed by atoms with Gasteiger partial charge in [-0.05, 0) is 50.7 Å². The summed E-state index contributed by atoms with van der Waals surface area (Å²) < 4.78 is 10.2. The Kier molecular flexibility index (Phi) is 6.11. The highest BCUT2D eigenvalue weighted by molar-refractivity contribution is 7.17. The van der Waals surface area contributed by atoms with Crippen molar-refractivity contribution in [2.75, 3.05) is 25.6 Å². The molecule has 26 heavy (non-hydrogen) atoms. The van der Waals surface area contributed by atoms with Gasteiger partial charge in [-0.2, -0.15) is 0 Å². The van der Waals surface area contributed by atoms with E-state index in [9.17, 15) is 9.59 Å². The van der Waals surface area contributed by atoms with Gasteiger partial charge in [0.2, 0.25) is 0 Å². The Morgan fingerprint density at radius 1 is 1.27 bits per heavy atom. The van der Waals surface area contributed by atoms with E-state index in [2.05, 4.69) is 10.6 Å². The lowest BCUT2D eigenvalue weighted by Gasteiger charge is -2.13. The quantitative estimate of drug-likeness (QED) is 0.724. The summed E-state index contributed by atoms with van der Waals surface area (Å²) in [6.07, 6.45) is 6.29. The van der Waals surface area contributed by atoms with Crippen LogP contribution in [0.4, 0.5) is 5.00 Å². The molecule has 140 valence electrons. The van der Waals surface area contributed by atoms with Crippen molar-refractivity contribution in [3.63, 3.8) is 0 Å². The minimum atomic E-state index is -0.247. The third-order valence-electron chi connectivity index (χ3n) is 4.54. The van der Waals surface area contributed by atoms with E-state index in [1.54, 1.807) is 20.1 Å². The van der Waals surface area contributed by atoms with Gasteiger partial charge in [0, 0.05) is 25.1 Å². The molecular weight excluding hydrogens is 352 g/mol. The van der Waals surface area contributed by atoms with Crippen molar-refractivity contribution in [1.82, 2.24) is 5.32 Å². The Labute approximate surface area is 156 Å². The van der Waals surface area contributed by atoms with Crippen molar-refractivity contribution >= 4 is 28.2 Å². The number of hydrogen-bond donors (Lipinski definition) is 2. The second-order valence-corrected chi connectivity index (χ2v) is 7.47. The summed E-state index contributed by atoms with van der Waals surface area (Å²) >= 11 is 1.52. The zero-order valence-corrected chi connectivity index (χ0v) is 16.0. The number of methoxy groups -OCH3 is 1. The first kappa shape index (κ1) is 18.7. The first-order valence-corrected chi connectivity index (χ1v) is 9.70. The first-order valence-electron chi connectivity index (χ1n) is 8.89. The van der Waals surface area contributed by atoms with Gasteiger partial charge in [-0.3, -0.25) is 9.59 Å². The van der Waals surface area contributed by atoms with Gasteiger partial charge in [-0.1, -0.05) is 0 Å². The van der Waals surface area contributed by atoms with Crippen molar-refractivity contribution in [2.45, 2.75) is 39.0 Å². The Hall–Kier alpha value is -2.12. The van der Waals surface area contributed by atoms with Crippen molar-refractivity contribution in [3.05, 3.63) is 39.7 Å². The van der Waals surface area contributed by atoms with E-state index in [-0.39, 0.29) is 11.8 Å². The van der Waals surface area contributed by atoms with Crippen LogP contribution in [0.3, 0.4) is 0 Å². The van der Waals surface area contributed by atoms with Gasteiger partial charge in [0.25, 0.3) is 11.8 Å². The Balaban J connectivity index is 1.82. The smallest absolute Gasteiger partial charge is 0.259 e. The van der Waals surface area contributed by atoms with Gasteiger partial charge in [-0.25, -0.2) is 0 Å². The van der Waals surface area contributed by atoms with Crippen molar-refractivity contribution in [3.8, 4) is 0 Å². The zero-order chi connectivity index (χ0) is 18.5. The molecule has 0 atom stereocenters. The summed E-state index contributed by atoms with van der Waals surface area (Å²) in [6.45, 7) is 2.90. The molecule has 2 heterocycles. The number of nitrogens with one attached hydrogen (secondary N) is 2. The van der Waals surface area contributed by atoms with E-state index >= 15 is 0 Å².